The van der Waals surface area contributed by atoms with Gasteiger partial charge in [0, 0.05) is 36.5 Å². The molecule has 1 N–H and O–H groups in total. The Morgan fingerprint density at radius 3 is 3.69 bits per heavy atom. The molecule has 1 aromatic rings. The van der Waals surface area contributed by atoms with Crippen molar-refractivity contribution in [3.8, 4) is 0 Å². The van der Waals surface area contributed by atoms with Gasteiger partial charge in [-0.05, 0) is 23.4 Å². The summed E-state index contributed by atoms with van der Waals surface area (Å²) in [6.45, 7) is 0.0261. The van der Waals surface area contributed by atoms with Crippen molar-refractivity contribution in [2.45, 2.75) is 12.4 Å². The lowest BCUT2D eigenvalue weighted by Gasteiger charge is -2.39. The normalized spacial score (nSPS) is 40.5. The molecule has 13 heavy (non-hydrogen) atoms. The summed E-state index contributed by atoms with van der Waals surface area (Å²) in [5.41, 5.74) is 0.525. The quantitative estimate of drug-likeness (QED) is 0.675. The minimum absolute atomic E-state index is 0.0300. The molecule has 0 radical (unpaired) electrons. The molecule has 0 amide bonds. The van der Waals surface area contributed by atoms with Gasteiger partial charge in [0.1, 0.15) is 0 Å². The van der Waals surface area contributed by atoms with Crippen LogP contribution in [0, 0.1) is 0 Å². The number of hydrogen-bond donors (Lipinski definition) is 1. The smallest absolute Gasteiger partial charge is 0.0569 e. The van der Waals surface area contributed by atoms with Crippen LogP contribution >= 0.6 is 11.3 Å². The molecule has 0 aromatic carbocycles. The Bertz CT molecular complexity index is 445. The van der Waals surface area contributed by atoms with Gasteiger partial charge in [-0.1, -0.05) is 0 Å². The van der Waals surface area contributed by atoms with Gasteiger partial charge in [0.15, 0.2) is 0 Å². The van der Waals surface area contributed by atoms with Gasteiger partial charge in [0.05, 0.1) is 6.04 Å². The summed E-state index contributed by atoms with van der Waals surface area (Å²) in [5.74, 6) is 0. The highest BCUT2D eigenvalue weighted by molar-refractivity contribution is 7.10. The second kappa shape index (κ2) is 3.08. The van der Waals surface area contributed by atoms with Gasteiger partial charge in [0.2, 0.25) is 0 Å². The molecule has 0 aliphatic carbocycles. The molecule has 3 rings (SSSR count). The molecule has 2 aliphatic rings. The van der Waals surface area contributed by atoms with E-state index < -0.39 is 12.9 Å². The molecule has 1 fully saturated rings. The third kappa shape index (κ3) is 1.23. The van der Waals surface area contributed by atoms with Crippen LogP contribution in [0.25, 0.3) is 0 Å². The van der Waals surface area contributed by atoms with Gasteiger partial charge in [0.25, 0.3) is 0 Å². The van der Waals surface area contributed by atoms with E-state index in [1.165, 1.54) is 11.3 Å². The summed E-state index contributed by atoms with van der Waals surface area (Å²) < 4.78 is 32.4. The Balaban J connectivity index is 2.18. The van der Waals surface area contributed by atoms with Crippen molar-refractivity contribution in [3.05, 3.63) is 21.9 Å². The van der Waals surface area contributed by atoms with Crippen LogP contribution in [0.3, 0.4) is 0 Å². The van der Waals surface area contributed by atoms with E-state index >= 15 is 0 Å². The third-order valence-corrected chi connectivity index (χ3v) is 3.59. The monoisotopic (exact) mass is 198 g/mol. The maximum absolute atomic E-state index is 8.12. The van der Waals surface area contributed by atoms with Gasteiger partial charge in [-0.25, -0.2) is 0 Å². The number of fused-ring (bicyclic) bond motifs is 3. The van der Waals surface area contributed by atoms with Crippen LogP contribution in [0.15, 0.2) is 11.4 Å². The van der Waals surface area contributed by atoms with E-state index in [0.29, 0.717) is 25.2 Å². The van der Waals surface area contributed by atoms with E-state index in [-0.39, 0.29) is 6.04 Å². The van der Waals surface area contributed by atoms with Crippen LogP contribution in [-0.4, -0.2) is 31.0 Å². The second-order valence-electron chi connectivity index (χ2n) is 3.35. The lowest BCUT2D eigenvalue weighted by Crippen LogP contribution is -2.48. The molecule has 0 spiro atoms. The van der Waals surface area contributed by atoms with Crippen LogP contribution in [0.1, 0.15) is 22.0 Å². The number of nitrogens with zero attached hydrogens (tertiary/aromatic N) is 1. The first-order valence-corrected chi connectivity index (χ1v) is 5.39. The van der Waals surface area contributed by atoms with Gasteiger partial charge in [-0.2, -0.15) is 0 Å². The van der Waals surface area contributed by atoms with Gasteiger partial charge >= 0.3 is 0 Å². The molecule has 70 valence electrons. The summed E-state index contributed by atoms with van der Waals surface area (Å²) in [7, 11) is 0. The maximum Gasteiger partial charge on any atom is 0.0569 e. The van der Waals surface area contributed by atoms with Gasteiger partial charge in [-0.15, -0.1) is 11.3 Å². The minimum Gasteiger partial charge on any atom is -0.314 e. The lowest BCUT2D eigenvalue weighted by molar-refractivity contribution is 0.155. The molecule has 1 atom stereocenters. The molecule has 3 heterocycles. The van der Waals surface area contributed by atoms with Crippen LogP contribution in [0.5, 0.6) is 0 Å². The largest absolute Gasteiger partial charge is 0.314 e. The highest BCUT2D eigenvalue weighted by atomic mass is 32.1. The fourth-order valence-corrected chi connectivity index (χ4v) is 2.85. The van der Waals surface area contributed by atoms with E-state index in [2.05, 4.69) is 5.32 Å². The Kier molecular flexibility index (Phi) is 1.17. The number of hydrogen-bond acceptors (Lipinski definition) is 3. The van der Waals surface area contributed by atoms with Crippen molar-refractivity contribution < 1.29 is 5.48 Å². The number of piperazine rings is 1. The first kappa shape index (κ1) is 4.91. The average molecular weight is 198 g/mol. The summed E-state index contributed by atoms with van der Waals surface area (Å²) in [5, 5.41) is 5.11. The zero-order chi connectivity index (χ0) is 12.3. The first-order valence-electron chi connectivity index (χ1n) is 6.51. The maximum atomic E-state index is 8.12. The molecule has 0 saturated carbocycles. The standard InChI is InChI=1S/C10H14N2S/c1-4-12-5-3-11-7-9(12)10-8(1)2-6-13-10/h2,6,9,11H,1,3-5,7H2/i1D2,4D2. The summed E-state index contributed by atoms with van der Waals surface area (Å²) in [6.07, 6.45) is -1.93. The second-order valence-corrected chi connectivity index (χ2v) is 4.30. The fourth-order valence-electron chi connectivity index (χ4n) is 1.89. The molecule has 2 aliphatic heterocycles. The van der Waals surface area contributed by atoms with Crippen molar-refractivity contribution >= 4 is 11.3 Å². The molecule has 1 saturated heterocycles. The van der Waals surface area contributed by atoms with Gasteiger partial charge < -0.3 is 5.32 Å². The number of thiophene rings is 1. The topological polar surface area (TPSA) is 15.3 Å². The molecule has 1 unspecified atom stereocenters. The summed E-state index contributed by atoms with van der Waals surface area (Å²) in [6, 6.07) is 1.70. The third-order valence-electron chi connectivity index (χ3n) is 2.58. The van der Waals surface area contributed by atoms with Crippen molar-refractivity contribution in [1.29, 1.82) is 0 Å². The molecule has 3 heteroatoms. The van der Waals surface area contributed by atoms with Gasteiger partial charge in [-0.3, -0.25) is 4.90 Å². The Labute approximate surface area is 88.2 Å². The predicted octanol–water partition coefficient (Wildman–Crippen LogP) is 1.25. The Morgan fingerprint density at radius 1 is 1.69 bits per heavy atom. The molecular formula is C10H14N2S. The molecule has 2 nitrogen and oxygen atoms in total. The summed E-state index contributed by atoms with van der Waals surface area (Å²) in [4.78, 5) is 2.64. The Morgan fingerprint density at radius 2 is 2.69 bits per heavy atom. The van der Waals surface area contributed by atoms with Crippen molar-refractivity contribution in [2.75, 3.05) is 26.1 Å². The molecule has 0 bridgehead atoms. The van der Waals surface area contributed by atoms with E-state index in [4.69, 9.17) is 5.48 Å². The van der Waals surface area contributed by atoms with Crippen LogP contribution in [0.4, 0.5) is 0 Å². The predicted molar refractivity (Wildman–Crippen MR) is 55.2 cm³/mol. The fraction of sp³-hybridized carbons (Fsp3) is 0.600. The summed E-state index contributed by atoms with van der Waals surface area (Å²) >= 11 is 1.53. The highest BCUT2D eigenvalue weighted by Crippen LogP contribution is 2.34. The van der Waals surface area contributed by atoms with E-state index in [9.17, 15) is 0 Å². The first-order chi connectivity index (χ1) is 7.96. The van der Waals surface area contributed by atoms with Crippen molar-refractivity contribution in [1.82, 2.24) is 10.2 Å². The minimum atomic E-state index is -1.94. The average Bonchev–Trinajstić information content (AvgIpc) is 2.77. The zero-order valence-corrected chi connectivity index (χ0v) is 8.03. The van der Waals surface area contributed by atoms with E-state index in [0.717, 1.165) is 4.88 Å². The van der Waals surface area contributed by atoms with Crippen molar-refractivity contribution in [3.63, 3.8) is 0 Å². The van der Waals surface area contributed by atoms with Crippen LogP contribution in [-0.2, 0) is 6.37 Å². The highest BCUT2D eigenvalue weighted by Gasteiger charge is 2.29. The van der Waals surface area contributed by atoms with E-state index in [1.54, 1.807) is 11.0 Å². The van der Waals surface area contributed by atoms with E-state index in [1.807, 2.05) is 5.38 Å². The SMILES string of the molecule is [2H]C1([2H])c2ccsc2C2CNCCN2C1([2H])[2H]. The molecular weight excluding hydrogens is 180 g/mol. The van der Waals surface area contributed by atoms with Crippen LogP contribution < -0.4 is 5.32 Å². The molecule has 1 aromatic heterocycles. The Hall–Kier alpha value is -0.380. The van der Waals surface area contributed by atoms with Crippen LogP contribution in [0.2, 0.25) is 0 Å². The lowest BCUT2D eigenvalue weighted by atomic mass is 10.0. The van der Waals surface area contributed by atoms with Crippen molar-refractivity contribution in [2.24, 2.45) is 0 Å². The number of rotatable bonds is 0. The number of aryl methyl sites for hydroxylation is 1. The number of nitrogens with one attached hydrogen (secondary N) is 1. The zero-order valence-electron chi connectivity index (χ0n) is 11.2.